The van der Waals surface area contributed by atoms with Gasteiger partial charge >= 0.3 is 11.9 Å². The first kappa shape index (κ1) is 30.2. The molecule has 1 saturated heterocycles. The molecule has 1 amide bonds. The molecular weight excluding hydrogens is 522 g/mol. The highest BCUT2D eigenvalue weighted by atomic mass is 35.5. The molecule has 4 rings (SSSR count). The van der Waals surface area contributed by atoms with E-state index in [-0.39, 0.29) is 11.3 Å². The number of carboxylic acids is 2. The predicted octanol–water partition coefficient (Wildman–Crippen LogP) is 4.03. The number of anilines is 1. The van der Waals surface area contributed by atoms with Gasteiger partial charge in [-0.1, -0.05) is 48.7 Å². The number of amides is 1. The molecule has 2 fully saturated rings. The largest absolute Gasteiger partial charge is 0.495 e. The van der Waals surface area contributed by atoms with E-state index in [1.807, 2.05) is 36.4 Å². The van der Waals surface area contributed by atoms with Crippen molar-refractivity contribution in [3.05, 3.63) is 59.1 Å². The van der Waals surface area contributed by atoms with E-state index >= 15 is 0 Å². The Balaban J connectivity index is 0.000000631. The van der Waals surface area contributed by atoms with Gasteiger partial charge < -0.3 is 25.2 Å². The Bertz CT molecular complexity index is 1080. The van der Waals surface area contributed by atoms with Gasteiger partial charge in [-0.25, -0.2) is 9.59 Å². The van der Waals surface area contributed by atoms with E-state index in [4.69, 9.17) is 36.1 Å². The quantitative estimate of drug-likeness (QED) is 0.311. The third-order valence-corrected chi connectivity index (χ3v) is 7.71. The third-order valence-electron chi connectivity index (χ3n) is 7.46. The Labute approximate surface area is 234 Å². The van der Waals surface area contributed by atoms with Gasteiger partial charge in [-0.05, 0) is 62.1 Å². The molecule has 1 saturated carbocycles. The van der Waals surface area contributed by atoms with Crippen LogP contribution >= 0.6 is 11.6 Å². The van der Waals surface area contributed by atoms with E-state index < -0.39 is 11.9 Å². The second-order valence-electron chi connectivity index (χ2n) is 9.87. The molecule has 2 aliphatic rings. The summed E-state index contributed by atoms with van der Waals surface area (Å²) in [5, 5.41) is 18.7. The zero-order valence-electron chi connectivity index (χ0n) is 22.4. The number of carboxylic acid groups (broad SMARTS) is 2. The molecule has 0 unspecified atom stereocenters. The van der Waals surface area contributed by atoms with Gasteiger partial charge in [0.2, 0.25) is 5.91 Å². The van der Waals surface area contributed by atoms with Crippen LogP contribution in [0.2, 0.25) is 5.02 Å². The van der Waals surface area contributed by atoms with Crippen LogP contribution in [0.4, 0.5) is 5.69 Å². The number of para-hydroxylation sites is 2. The van der Waals surface area contributed by atoms with Crippen molar-refractivity contribution in [2.24, 2.45) is 0 Å². The molecule has 9 nitrogen and oxygen atoms in total. The Morgan fingerprint density at radius 3 is 2.13 bits per heavy atom. The number of methoxy groups -OCH3 is 1. The molecule has 0 aromatic heterocycles. The van der Waals surface area contributed by atoms with Crippen molar-refractivity contribution in [2.45, 2.75) is 43.9 Å². The number of hydrogen-bond acceptors (Lipinski definition) is 6. The van der Waals surface area contributed by atoms with E-state index in [1.54, 1.807) is 7.11 Å². The molecule has 0 atom stereocenters. The minimum atomic E-state index is -1.82. The lowest BCUT2D eigenvalue weighted by atomic mass is 9.78. The number of hydrogen-bond donors (Lipinski definition) is 3. The number of nitrogens with zero attached hydrogens (tertiary/aromatic N) is 2. The summed E-state index contributed by atoms with van der Waals surface area (Å²) in [4.78, 5) is 36.3. The van der Waals surface area contributed by atoms with Crippen LogP contribution in [0, 0.1) is 0 Å². The molecule has 3 N–H and O–H groups in total. The van der Waals surface area contributed by atoms with Crippen molar-refractivity contribution in [3.63, 3.8) is 0 Å². The van der Waals surface area contributed by atoms with Crippen molar-refractivity contribution < 1.29 is 29.3 Å². The van der Waals surface area contributed by atoms with E-state index in [1.165, 1.54) is 5.69 Å². The average Bonchev–Trinajstić information content (AvgIpc) is 3.45. The summed E-state index contributed by atoms with van der Waals surface area (Å²) in [6.07, 6.45) is 6.18. The second kappa shape index (κ2) is 14.7. The van der Waals surface area contributed by atoms with Gasteiger partial charge in [0.1, 0.15) is 5.75 Å². The molecule has 0 spiro atoms. The van der Waals surface area contributed by atoms with Crippen LogP contribution in [0.1, 0.15) is 44.1 Å². The van der Waals surface area contributed by atoms with Crippen LogP contribution in [0.15, 0.2) is 48.5 Å². The monoisotopic (exact) mass is 559 g/mol. The van der Waals surface area contributed by atoms with Crippen LogP contribution in [-0.2, 0) is 19.8 Å². The number of unbranched alkanes of at least 4 members (excludes halogenated alkanes) is 1. The van der Waals surface area contributed by atoms with E-state index in [2.05, 4.69) is 27.2 Å². The van der Waals surface area contributed by atoms with Crippen molar-refractivity contribution in [1.82, 2.24) is 10.2 Å². The highest BCUT2D eigenvalue weighted by Gasteiger charge is 2.42. The lowest BCUT2D eigenvalue weighted by Crippen LogP contribution is -2.47. The van der Waals surface area contributed by atoms with Crippen molar-refractivity contribution in [3.8, 4) is 5.75 Å². The van der Waals surface area contributed by atoms with Crippen LogP contribution in [0.25, 0.3) is 0 Å². The summed E-state index contributed by atoms with van der Waals surface area (Å²) in [6.45, 7) is 5.98. The van der Waals surface area contributed by atoms with E-state index in [0.29, 0.717) is 0 Å². The van der Waals surface area contributed by atoms with Gasteiger partial charge in [-0.2, -0.15) is 0 Å². The summed E-state index contributed by atoms with van der Waals surface area (Å²) in [6, 6.07) is 16.1. The number of aliphatic carboxylic acids is 2. The Morgan fingerprint density at radius 1 is 0.923 bits per heavy atom. The zero-order valence-corrected chi connectivity index (χ0v) is 23.2. The minimum absolute atomic E-state index is 0.188. The highest BCUT2D eigenvalue weighted by Crippen LogP contribution is 2.41. The average molecular weight is 560 g/mol. The molecule has 0 radical (unpaired) electrons. The van der Waals surface area contributed by atoms with E-state index in [0.717, 1.165) is 94.1 Å². The first-order valence-corrected chi connectivity index (χ1v) is 13.8. The topological polar surface area (TPSA) is 119 Å². The second-order valence-corrected chi connectivity index (χ2v) is 10.3. The van der Waals surface area contributed by atoms with Gasteiger partial charge in [0, 0.05) is 37.7 Å². The zero-order chi connectivity index (χ0) is 28.3. The Hall–Kier alpha value is -3.30. The number of ether oxygens (including phenoxy) is 1. The van der Waals surface area contributed by atoms with Gasteiger partial charge in [0.25, 0.3) is 0 Å². The molecule has 1 aliphatic carbocycles. The van der Waals surface area contributed by atoms with Crippen molar-refractivity contribution in [2.75, 3.05) is 51.3 Å². The van der Waals surface area contributed by atoms with Crippen LogP contribution < -0.4 is 15.0 Å². The van der Waals surface area contributed by atoms with Crippen LogP contribution in [0.5, 0.6) is 5.75 Å². The van der Waals surface area contributed by atoms with Gasteiger partial charge in [-0.3, -0.25) is 9.69 Å². The maximum atomic E-state index is 13.2. The van der Waals surface area contributed by atoms with Crippen LogP contribution in [0.3, 0.4) is 0 Å². The SMILES string of the molecule is COc1ccccc1N1CCN(CCCCNC(=O)C2(c3ccc(Cl)cc3)CCCC2)CC1.O=C(O)C(=O)O. The fourth-order valence-electron chi connectivity index (χ4n) is 5.33. The standard InChI is InChI=1S/C27H36ClN3O2.C2H2O4/c1-33-25-9-3-2-8-24(25)31-20-18-30(19-21-31)17-7-6-16-29-26(32)27(14-4-5-15-27)22-10-12-23(28)13-11-22;3-1(4)2(5)6/h2-3,8-13H,4-7,14-21H2,1H3,(H,29,32);(H,3,4)(H,5,6). The molecule has 212 valence electrons. The molecule has 10 heteroatoms. The van der Waals surface area contributed by atoms with Gasteiger partial charge in [0.15, 0.2) is 0 Å². The summed E-state index contributed by atoms with van der Waals surface area (Å²) >= 11 is 6.07. The molecule has 2 aromatic carbocycles. The molecule has 39 heavy (non-hydrogen) atoms. The first-order chi connectivity index (χ1) is 18.8. The smallest absolute Gasteiger partial charge is 0.414 e. The van der Waals surface area contributed by atoms with Gasteiger partial charge in [0.05, 0.1) is 18.2 Å². The number of carbonyl (C=O) groups is 3. The third kappa shape index (κ3) is 8.34. The maximum Gasteiger partial charge on any atom is 0.414 e. The number of rotatable bonds is 9. The summed E-state index contributed by atoms with van der Waals surface area (Å²) in [5.74, 6) is -2.52. The van der Waals surface area contributed by atoms with Crippen molar-refractivity contribution >= 4 is 35.1 Å². The first-order valence-electron chi connectivity index (χ1n) is 13.4. The highest BCUT2D eigenvalue weighted by molar-refractivity contribution is 6.30. The van der Waals surface area contributed by atoms with E-state index in [9.17, 15) is 4.79 Å². The van der Waals surface area contributed by atoms with Crippen LogP contribution in [-0.4, -0.2) is 79.3 Å². The summed E-state index contributed by atoms with van der Waals surface area (Å²) in [7, 11) is 1.73. The van der Waals surface area contributed by atoms with Crippen molar-refractivity contribution in [1.29, 1.82) is 0 Å². The molecule has 0 bridgehead atoms. The molecule has 1 aliphatic heterocycles. The number of benzene rings is 2. The molecule has 2 aromatic rings. The Kier molecular flexibility index (Phi) is 11.4. The summed E-state index contributed by atoms with van der Waals surface area (Å²) < 4.78 is 5.52. The number of piperazine rings is 1. The fourth-order valence-corrected chi connectivity index (χ4v) is 5.46. The van der Waals surface area contributed by atoms with Gasteiger partial charge in [-0.15, -0.1) is 0 Å². The Morgan fingerprint density at radius 2 is 1.54 bits per heavy atom. The number of carbonyl (C=O) groups excluding carboxylic acids is 1. The number of halogens is 1. The molecule has 1 heterocycles. The fraction of sp³-hybridized carbons (Fsp3) is 0.483. The summed E-state index contributed by atoms with van der Waals surface area (Å²) in [5.41, 5.74) is 1.91. The lowest BCUT2D eigenvalue weighted by molar-refractivity contribution is -0.159. The minimum Gasteiger partial charge on any atom is -0.495 e. The maximum absolute atomic E-state index is 13.2. The lowest BCUT2D eigenvalue weighted by Gasteiger charge is -2.36. The number of nitrogens with one attached hydrogen (secondary N) is 1. The molecular formula is C29H38ClN3O6. The predicted molar refractivity (Wildman–Crippen MR) is 151 cm³/mol. The normalized spacial score (nSPS) is 16.6.